The molecule has 0 saturated heterocycles. The van der Waals surface area contributed by atoms with E-state index in [0.717, 1.165) is 0 Å². The summed E-state index contributed by atoms with van der Waals surface area (Å²) >= 11 is 5.91. The normalized spacial score (nSPS) is 12.4. The van der Waals surface area contributed by atoms with Crippen LogP contribution in [0.4, 0.5) is 4.79 Å². The van der Waals surface area contributed by atoms with Crippen LogP contribution in [0.5, 0.6) is 0 Å². The molecule has 2 N–H and O–H groups in total. The summed E-state index contributed by atoms with van der Waals surface area (Å²) in [6.07, 6.45) is -1.10. The molecule has 126 valence electrons. The lowest BCUT2D eigenvalue weighted by Gasteiger charge is -2.25. The highest BCUT2D eigenvalue weighted by Gasteiger charge is 2.31. The van der Waals surface area contributed by atoms with E-state index in [2.05, 4.69) is 5.16 Å². The zero-order valence-electron chi connectivity index (χ0n) is 12.7. The summed E-state index contributed by atoms with van der Waals surface area (Å²) in [5, 5.41) is 9.77. The first-order chi connectivity index (χ1) is 10.5. The number of carbonyl (C=O) groups excluding carboxylic acids is 1. The minimum absolute atomic E-state index is 0.197. The van der Waals surface area contributed by atoms with Gasteiger partial charge < -0.3 is 9.26 Å². The van der Waals surface area contributed by atoms with Crippen LogP contribution in [-0.4, -0.2) is 29.6 Å². The molecule has 0 aliphatic heterocycles. The fourth-order valence-electron chi connectivity index (χ4n) is 1.78. The second-order valence-corrected chi connectivity index (χ2v) is 7.71. The van der Waals surface area contributed by atoms with E-state index in [4.69, 9.17) is 26.0 Å². The van der Waals surface area contributed by atoms with Gasteiger partial charge in [-0.05, 0) is 39.0 Å². The van der Waals surface area contributed by atoms with E-state index in [1.165, 1.54) is 0 Å². The van der Waals surface area contributed by atoms with Crippen LogP contribution in [0, 0.1) is 0 Å². The van der Waals surface area contributed by atoms with Crippen LogP contribution in [-0.2, 0) is 21.5 Å². The SMILES string of the molecule is CC(C)(C)OC(=O)N(Cc1noc2ccc(Cl)cc12)S(N)(=O)=O. The summed E-state index contributed by atoms with van der Waals surface area (Å²) in [6, 6.07) is 4.74. The maximum atomic E-state index is 12.1. The molecular weight excluding hydrogens is 346 g/mol. The second kappa shape index (κ2) is 5.99. The van der Waals surface area contributed by atoms with Crippen molar-refractivity contribution in [3.05, 3.63) is 28.9 Å². The molecule has 1 aromatic heterocycles. The van der Waals surface area contributed by atoms with E-state index in [1.807, 2.05) is 0 Å². The van der Waals surface area contributed by atoms with Crippen LogP contribution >= 0.6 is 11.6 Å². The summed E-state index contributed by atoms with van der Waals surface area (Å²) in [5.41, 5.74) is -0.278. The van der Waals surface area contributed by atoms with Gasteiger partial charge in [0.05, 0.1) is 6.54 Å². The first-order valence-corrected chi connectivity index (χ1v) is 8.43. The molecule has 1 aromatic carbocycles. The molecule has 0 atom stereocenters. The van der Waals surface area contributed by atoms with Crippen molar-refractivity contribution in [1.82, 2.24) is 9.46 Å². The molecule has 8 nitrogen and oxygen atoms in total. The van der Waals surface area contributed by atoms with E-state index < -0.39 is 28.4 Å². The summed E-state index contributed by atoms with van der Waals surface area (Å²) in [5.74, 6) is 0. The number of hydrogen-bond donors (Lipinski definition) is 1. The van der Waals surface area contributed by atoms with Gasteiger partial charge in [-0.15, -0.1) is 0 Å². The van der Waals surface area contributed by atoms with Gasteiger partial charge in [0.2, 0.25) is 0 Å². The van der Waals surface area contributed by atoms with Crippen molar-refractivity contribution in [2.45, 2.75) is 32.9 Å². The van der Waals surface area contributed by atoms with E-state index in [1.54, 1.807) is 39.0 Å². The molecule has 0 fully saturated rings. The van der Waals surface area contributed by atoms with Crippen LogP contribution < -0.4 is 5.14 Å². The number of nitrogens with zero attached hydrogens (tertiary/aromatic N) is 2. The zero-order valence-corrected chi connectivity index (χ0v) is 14.3. The number of hydrogen-bond acceptors (Lipinski definition) is 6. The Hall–Kier alpha value is -1.84. The largest absolute Gasteiger partial charge is 0.443 e. The average molecular weight is 362 g/mol. The van der Waals surface area contributed by atoms with Gasteiger partial charge in [-0.25, -0.2) is 9.93 Å². The predicted octanol–water partition coefficient (Wildman–Crippen LogP) is 2.42. The Morgan fingerprint density at radius 3 is 2.65 bits per heavy atom. The molecule has 23 heavy (non-hydrogen) atoms. The number of carbonyl (C=O) groups is 1. The Kier molecular flexibility index (Phi) is 4.56. The summed E-state index contributed by atoms with van der Waals surface area (Å²) in [7, 11) is -4.35. The lowest BCUT2D eigenvalue weighted by Crippen LogP contribution is -2.43. The maximum absolute atomic E-state index is 12.1. The topological polar surface area (TPSA) is 116 Å². The highest BCUT2D eigenvalue weighted by molar-refractivity contribution is 7.87. The van der Waals surface area contributed by atoms with Crippen LogP contribution in [0.25, 0.3) is 11.0 Å². The molecule has 2 aromatic rings. The van der Waals surface area contributed by atoms with Crippen molar-refractivity contribution in [2.75, 3.05) is 0 Å². The number of rotatable bonds is 3. The third-order valence-corrected chi connectivity index (χ3v) is 3.83. The fraction of sp³-hybridized carbons (Fsp3) is 0.385. The van der Waals surface area contributed by atoms with Crippen LogP contribution in [0.15, 0.2) is 22.7 Å². The van der Waals surface area contributed by atoms with Gasteiger partial charge in [0, 0.05) is 10.4 Å². The van der Waals surface area contributed by atoms with Crippen LogP contribution in [0.3, 0.4) is 0 Å². The molecule has 0 unspecified atom stereocenters. The monoisotopic (exact) mass is 361 g/mol. The van der Waals surface area contributed by atoms with Gasteiger partial charge in [-0.3, -0.25) is 0 Å². The van der Waals surface area contributed by atoms with Crippen molar-refractivity contribution < 1.29 is 22.5 Å². The van der Waals surface area contributed by atoms with Gasteiger partial charge >= 0.3 is 16.3 Å². The van der Waals surface area contributed by atoms with Gasteiger partial charge in [0.15, 0.2) is 5.58 Å². The maximum Gasteiger partial charge on any atom is 0.425 e. The minimum atomic E-state index is -4.35. The molecule has 0 aliphatic carbocycles. The molecule has 0 radical (unpaired) electrons. The lowest BCUT2D eigenvalue weighted by molar-refractivity contribution is 0.0380. The number of amides is 1. The number of aromatic nitrogens is 1. The van der Waals surface area contributed by atoms with Gasteiger partial charge in [0.25, 0.3) is 0 Å². The van der Waals surface area contributed by atoms with Crippen LogP contribution in [0.2, 0.25) is 5.02 Å². The zero-order chi connectivity index (χ0) is 17.4. The van der Waals surface area contributed by atoms with E-state index in [-0.39, 0.29) is 5.69 Å². The molecule has 0 spiro atoms. The van der Waals surface area contributed by atoms with E-state index in [0.29, 0.717) is 20.3 Å². The lowest BCUT2D eigenvalue weighted by atomic mass is 10.2. The molecule has 1 amide bonds. The molecular formula is C13H16ClN3O5S. The molecule has 0 saturated carbocycles. The molecule has 1 heterocycles. The Bertz CT molecular complexity index is 841. The minimum Gasteiger partial charge on any atom is -0.443 e. The van der Waals surface area contributed by atoms with Crippen molar-refractivity contribution in [2.24, 2.45) is 5.14 Å². The summed E-state index contributed by atoms with van der Waals surface area (Å²) in [6.45, 7) is 4.40. The van der Waals surface area contributed by atoms with Crippen molar-refractivity contribution in [3.8, 4) is 0 Å². The molecule has 10 heteroatoms. The van der Waals surface area contributed by atoms with Crippen LogP contribution in [0.1, 0.15) is 26.5 Å². The standard InChI is InChI=1S/C13H16ClN3O5S/c1-13(2,3)21-12(18)17(23(15,19)20)7-10-9-6-8(14)4-5-11(9)22-16-10/h4-6H,7H2,1-3H3,(H2,15,19,20). The van der Waals surface area contributed by atoms with E-state index in [9.17, 15) is 13.2 Å². The first-order valence-electron chi connectivity index (χ1n) is 6.54. The van der Waals surface area contributed by atoms with Gasteiger partial charge in [0.1, 0.15) is 11.3 Å². The number of ether oxygens (including phenoxy) is 1. The fourth-order valence-corrected chi connectivity index (χ4v) is 2.50. The number of fused-ring (bicyclic) bond motifs is 1. The molecule has 0 bridgehead atoms. The smallest absolute Gasteiger partial charge is 0.425 e. The Morgan fingerprint density at radius 2 is 2.09 bits per heavy atom. The third kappa shape index (κ3) is 4.34. The number of benzene rings is 1. The number of halogens is 1. The van der Waals surface area contributed by atoms with Crippen molar-refractivity contribution >= 4 is 38.9 Å². The first kappa shape index (κ1) is 17.5. The Labute approximate surface area is 138 Å². The summed E-state index contributed by atoms with van der Waals surface area (Å²) in [4.78, 5) is 12.1. The second-order valence-electron chi connectivity index (χ2n) is 5.80. The quantitative estimate of drug-likeness (QED) is 0.897. The summed E-state index contributed by atoms with van der Waals surface area (Å²) < 4.78 is 33.9. The van der Waals surface area contributed by atoms with E-state index >= 15 is 0 Å². The highest BCUT2D eigenvalue weighted by Crippen LogP contribution is 2.24. The van der Waals surface area contributed by atoms with Gasteiger partial charge in [-0.2, -0.15) is 12.7 Å². The van der Waals surface area contributed by atoms with Gasteiger partial charge in [-0.1, -0.05) is 16.8 Å². The number of nitrogens with two attached hydrogens (primary N) is 1. The van der Waals surface area contributed by atoms with Crippen molar-refractivity contribution in [1.29, 1.82) is 0 Å². The third-order valence-electron chi connectivity index (χ3n) is 2.70. The predicted molar refractivity (Wildman–Crippen MR) is 83.9 cm³/mol. The average Bonchev–Trinajstić information content (AvgIpc) is 2.74. The molecule has 0 aliphatic rings. The van der Waals surface area contributed by atoms with Crippen molar-refractivity contribution in [3.63, 3.8) is 0 Å². The Morgan fingerprint density at radius 1 is 1.43 bits per heavy atom. The molecule has 2 rings (SSSR count). The highest BCUT2D eigenvalue weighted by atomic mass is 35.5. The Balaban J connectivity index is 2.38.